The number of nitrogens with zero attached hydrogens (tertiary/aromatic N) is 2. The second-order valence-corrected chi connectivity index (χ2v) is 8.76. The summed E-state index contributed by atoms with van der Waals surface area (Å²) in [5.41, 5.74) is -4.00. The Kier molecular flexibility index (Phi) is 6.80. The highest BCUT2D eigenvalue weighted by molar-refractivity contribution is 8.13. The van der Waals surface area contributed by atoms with Crippen LogP contribution in [0.15, 0.2) is 68.2 Å². The zero-order valence-electron chi connectivity index (χ0n) is 13.7. The number of hydrogen-bond acceptors (Lipinski definition) is 6. The van der Waals surface area contributed by atoms with E-state index in [0.29, 0.717) is 10.9 Å². The van der Waals surface area contributed by atoms with Gasteiger partial charge in [-0.25, -0.2) is 13.4 Å². The van der Waals surface area contributed by atoms with Gasteiger partial charge in [0, 0.05) is 4.90 Å². The minimum absolute atomic E-state index is 0.0170. The van der Waals surface area contributed by atoms with E-state index in [1.807, 2.05) is 0 Å². The number of halogens is 3. The summed E-state index contributed by atoms with van der Waals surface area (Å²) in [5.74, 6) is 0. The second kappa shape index (κ2) is 8.69. The molecule has 2 aromatic rings. The minimum Gasteiger partial charge on any atom is -0.271 e. The summed E-state index contributed by atoms with van der Waals surface area (Å²) in [7, 11) is -3.87. The van der Waals surface area contributed by atoms with Crippen molar-refractivity contribution in [1.29, 1.82) is 5.26 Å². The average molecular weight is 431 g/mol. The molecule has 0 aliphatic carbocycles. The molecule has 0 heterocycles. The molecule has 0 unspecified atom stereocenters. The summed E-state index contributed by atoms with van der Waals surface area (Å²) in [6, 6.07) is 10.1. The van der Waals surface area contributed by atoms with Crippen LogP contribution in [-0.2, 0) is 9.84 Å². The molecule has 0 saturated heterocycles. The van der Waals surface area contributed by atoms with Crippen molar-refractivity contribution in [3.8, 4) is 6.19 Å². The number of thioether (sulfide) groups is 2. The van der Waals surface area contributed by atoms with Gasteiger partial charge in [0.2, 0.25) is 9.84 Å². The molecule has 0 spiro atoms. The number of sulfone groups is 1. The van der Waals surface area contributed by atoms with Crippen molar-refractivity contribution in [2.24, 2.45) is 4.99 Å². The van der Waals surface area contributed by atoms with Gasteiger partial charge in [0.25, 0.3) is 0 Å². The largest absolute Gasteiger partial charge is 0.446 e. The van der Waals surface area contributed by atoms with E-state index in [1.54, 1.807) is 12.4 Å². The Balaban J connectivity index is 2.25. The Morgan fingerprint density at radius 1 is 1.07 bits per heavy atom. The molecule has 0 bridgehead atoms. The lowest BCUT2D eigenvalue weighted by atomic mass is 10.3. The number of alkyl halides is 3. The van der Waals surface area contributed by atoms with Crippen LogP contribution in [0, 0.1) is 11.5 Å². The molecule has 1 N–H and O–H groups in total. The molecule has 0 radical (unpaired) electrons. The van der Waals surface area contributed by atoms with Gasteiger partial charge in [-0.15, -0.1) is 0 Å². The van der Waals surface area contributed by atoms with Gasteiger partial charge in [0.15, 0.2) is 11.4 Å². The first-order chi connectivity index (χ1) is 12.7. The topological polar surface area (TPSA) is 82.3 Å². The van der Waals surface area contributed by atoms with Gasteiger partial charge in [-0.1, -0.05) is 11.8 Å². The van der Waals surface area contributed by atoms with Gasteiger partial charge < -0.3 is 0 Å². The van der Waals surface area contributed by atoms with Crippen LogP contribution in [0.25, 0.3) is 0 Å². The third kappa shape index (κ3) is 5.92. The Hall–Kier alpha value is -2.16. The summed E-state index contributed by atoms with van der Waals surface area (Å²) < 4.78 is 62.3. The Morgan fingerprint density at radius 3 is 2.04 bits per heavy atom. The number of amidine groups is 1. The third-order valence-electron chi connectivity index (χ3n) is 3.10. The number of benzene rings is 2. The predicted molar refractivity (Wildman–Crippen MR) is 99.6 cm³/mol. The molecule has 0 saturated carbocycles. The van der Waals surface area contributed by atoms with Gasteiger partial charge >= 0.3 is 5.51 Å². The van der Waals surface area contributed by atoms with E-state index >= 15 is 0 Å². The summed E-state index contributed by atoms with van der Waals surface area (Å²) in [6.45, 7) is 0. The number of aliphatic imine (C=N–C) groups is 1. The van der Waals surface area contributed by atoms with E-state index in [9.17, 15) is 21.6 Å². The minimum atomic E-state index is -4.44. The lowest BCUT2D eigenvalue weighted by Gasteiger charge is -2.08. The van der Waals surface area contributed by atoms with E-state index in [1.165, 1.54) is 36.0 Å². The van der Waals surface area contributed by atoms with Crippen LogP contribution in [0.1, 0.15) is 0 Å². The number of hydrogen-bond donors (Lipinski definition) is 1. The first-order valence-corrected chi connectivity index (χ1v) is 10.7. The fraction of sp³-hybridized carbons (Fsp3) is 0.125. The van der Waals surface area contributed by atoms with Crippen molar-refractivity contribution in [2.75, 3.05) is 6.26 Å². The number of nitriles is 1. The van der Waals surface area contributed by atoms with E-state index in [4.69, 9.17) is 5.26 Å². The zero-order valence-corrected chi connectivity index (χ0v) is 16.1. The van der Waals surface area contributed by atoms with Crippen LogP contribution in [0.3, 0.4) is 0 Å². The summed E-state index contributed by atoms with van der Waals surface area (Å²) >= 11 is 0.906. The van der Waals surface area contributed by atoms with Crippen molar-refractivity contribution in [3.63, 3.8) is 0 Å². The maximum atomic E-state index is 12.6. The van der Waals surface area contributed by atoms with Gasteiger partial charge in [-0.05, 0) is 66.5 Å². The van der Waals surface area contributed by atoms with Crippen molar-refractivity contribution >= 4 is 44.2 Å². The van der Waals surface area contributed by atoms with Crippen molar-refractivity contribution in [1.82, 2.24) is 5.32 Å². The lowest BCUT2D eigenvalue weighted by Crippen LogP contribution is -2.12. The molecule has 0 atom stereocenters. The Bertz CT molecular complexity index is 965. The molecule has 0 aliphatic rings. The monoisotopic (exact) mass is 431 g/mol. The van der Waals surface area contributed by atoms with Gasteiger partial charge in [0.1, 0.15) is 0 Å². The SMILES string of the molecule is CSC(=Nc1ccc(S(=O)(=O)c2ccc(SC(F)(F)F)cc2)cc1)NC#N. The van der Waals surface area contributed by atoms with Crippen molar-refractivity contribution in [2.45, 2.75) is 20.2 Å². The molecule has 11 heteroatoms. The maximum absolute atomic E-state index is 12.6. The molecule has 0 fully saturated rings. The molecule has 0 amide bonds. The van der Waals surface area contributed by atoms with Gasteiger partial charge in [-0.3, -0.25) is 5.32 Å². The summed E-state index contributed by atoms with van der Waals surface area (Å²) in [5, 5.41) is 11.3. The standard InChI is InChI=1S/C16H12F3N3O2S3/c1-25-15(21-10-20)22-11-2-6-13(7-3-11)27(23,24)14-8-4-12(5-9-14)26-16(17,18)19/h2-9H,1H3,(H,21,22). The Labute approximate surface area is 162 Å². The van der Waals surface area contributed by atoms with Crippen LogP contribution in [0.5, 0.6) is 0 Å². The smallest absolute Gasteiger partial charge is 0.271 e. The van der Waals surface area contributed by atoms with Gasteiger partial charge in [0.05, 0.1) is 15.5 Å². The normalized spacial score (nSPS) is 12.5. The van der Waals surface area contributed by atoms with E-state index < -0.39 is 15.3 Å². The highest BCUT2D eigenvalue weighted by Crippen LogP contribution is 2.37. The summed E-state index contributed by atoms with van der Waals surface area (Å²) in [4.78, 5) is 3.93. The highest BCUT2D eigenvalue weighted by atomic mass is 32.2. The van der Waals surface area contributed by atoms with E-state index in [0.717, 1.165) is 24.3 Å². The molecule has 27 heavy (non-hydrogen) atoms. The number of nitrogens with one attached hydrogen (secondary N) is 1. The first-order valence-electron chi connectivity index (χ1n) is 7.14. The molecule has 2 aromatic carbocycles. The second-order valence-electron chi connectivity index (χ2n) is 4.87. The van der Waals surface area contributed by atoms with Crippen LogP contribution in [0.4, 0.5) is 18.9 Å². The van der Waals surface area contributed by atoms with Crippen molar-refractivity contribution in [3.05, 3.63) is 48.5 Å². The van der Waals surface area contributed by atoms with Crippen molar-refractivity contribution < 1.29 is 21.6 Å². The Morgan fingerprint density at radius 2 is 1.59 bits per heavy atom. The van der Waals surface area contributed by atoms with E-state index in [-0.39, 0.29) is 26.4 Å². The zero-order chi connectivity index (χ0) is 20.1. The highest BCUT2D eigenvalue weighted by Gasteiger charge is 2.29. The maximum Gasteiger partial charge on any atom is 0.446 e. The molecular formula is C16H12F3N3O2S3. The third-order valence-corrected chi connectivity index (χ3v) is 6.21. The van der Waals surface area contributed by atoms with Crippen LogP contribution < -0.4 is 5.32 Å². The fourth-order valence-corrected chi connectivity index (χ4v) is 4.09. The molecular weight excluding hydrogens is 419 g/mol. The molecule has 0 aromatic heterocycles. The van der Waals surface area contributed by atoms with Crippen LogP contribution in [-0.4, -0.2) is 25.3 Å². The summed E-state index contributed by atoms with van der Waals surface area (Å²) in [6.07, 6.45) is 3.47. The van der Waals surface area contributed by atoms with E-state index in [2.05, 4.69) is 10.3 Å². The average Bonchev–Trinajstić information content (AvgIpc) is 2.61. The first kappa shape index (κ1) is 21.1. The van der Waals surface area contributed by atoms with Gasteiger partial charge in [-0.2, -0.15) is 18.4 Å². The fourth-order valence-electron chi connectivity index (χ4n) is 1.95. The van der Waals surface area contributed by atoms with Crippen LogP contribution in [0.2, 0.25) is 0 Å². The number of rotatable bonds is 4. The molecule has 142 valence electrons. The van der Waals surface area contributed by atoms with Crippen LogP contribution >= 0.6 is 23.5 Å². The lowest BCUT2D eigenvalue weighted by molar-refractivity contribution is -0.0328. The molecule has 2 rings (SSSR count). The predicted octanol–water partition coefficient (Wildman–Crippen LogP) is 4.55. The molecule has 5 nitrogen and oxygen atoms in total. The quantitative estimate of drug-likeness (QED) is 0.251. The molecule has 0 aliphatic heterocycles.